The van der Waals surface area contributed by atoms with Crippen LogP contribution in [0.4, 0.5) is 11.4 Å². The Hall–Kier alpha value is -4.19. The average molecular weight is 514 g/mol. The molecular formula is C25H31N5O7. The van der Waals surface area contributed by atoms with E-state index in [0.717, 1.165) is 0 Å². The third-order valence-electron chi connectivity index (χ3n) is 5.51. The normalized spacial score (nSPS) is 17.4. The van der Waals surface area contributed by atoms with E-state index in [1.807, 2.05) is 20.8 Å². The number of carbonyl (C=O) groups is 2. The quantitative estimate of drug-likeness (QED) is 0.280. The lowest BCUT2D eigenvalue weighted by atomic mass is 10.1. The van der Waals surface area contributed by atoms with Crippen LogP contribution in [-0.2, 0) is 9.53 Å². The van der Waals surface area contributed by atoms with E-state index in [0.29, 0.717) is 42.4 Å². The number of methoxy groups -OCH3 is 1. The molecule has 3 rings (SSSR count). The number of carbonyl (C=O) groups excluding carboxylic acids is 2. The van der Waals surface area contributed by atoms with Crippen LogP contribution < -0.4 is 20.2 Å². The number of benzene rings is 2. The summed E-state index contributed by atoms with van der Waals surface area (Å²) >= 11 is 0. The second-order valence-corrected chi connectivity index (χ2v) is 8.47. The van der Waals surface area contributed by atoms with Crippen molar-refractivity contribution >= 4 is 29.4 Å². The highest BCUT2D eigenvalue weighted by molar-refractivity contribution is 5.96. The number of nitro benzene ring substituents is 1. The van der Waals surface area contributed by atoms with Crippen LogP contribution in [0.3, 0.4) is 0 Å². The molecule has 1 fully saturated rings. The Bertz CT molecular complexity index is 1160. The molecule has 1 aliphatic heterocycles. The molecule has 12 heteroatoms. The number of amides is 2. The first-order valence-electron chi connectivity index (χ1n) is 11.8. The smallest absolute Gasteiger partial charge is 0.293 e. The summed E-state index contributed by atoms with van der Waals surface area (Å²) in [6, 6.07) is 9.12. The minimum atomic E-state index is -0.598. The number of rotatable bonds is 10. The maximum absolute atomic E-state index is 12.6. The molecule has 1 heterocycles. The molecule has 0 aromatic heterocycles. The van der Waals surface area contributed by atoms with Crippen molar-refractivity contribution in [3.63, 3.8) is 0 Å². The third kappa shape index (κ3) is 7.40. The van der Waals surface area contributed by atoms with Gasteiger partial charge in [-0.3, -0.25) is 19.7 Å². The zero-order valence-electron chi connectivity index (χ0n) is 21.2. The van der Waals surface area contributed by atoms with Crippen LogP contribution in [0.15, 0.2) is 41.5 Å². The summed E-state index contributed by atoms with van der Waals surface area (Å²) < 4.78 is 16.7. The Balaban J connectivity index is 1.60. The Labute approximate surface area is 214 Å². The lowest BCUT2D eigenvalue weighted by molar-refractivity contribution is -0.384. The van der Waals surface area contributed by atoms with Gasteiger partial charge in [0.05, 0.1) is 30.5 Å². The van der Waals surface area contributed by atoms with Crippen molar-refractivity contribution in [1.82, 2.24) is 10.3 Å². The molecule has 0 saturated carbocycles. The van der Waals surface area contributed by atoms with Gasteiger partial charge >= 0.3 is 0 Å². The van der Waals surface area contributed by atoms with Crippen LogP contribution in [0.5, 0.6) is 11.5 Å². The van der Waals surface area contributed by atoms with Gasteiger partial charge in [-0.05, 0) is 56.7 Å². The molecular weight excluding hydrogens is 482 g/mol. The molecule has 2 aromatic carbocycles. The minimum Gasteiger partial charge on any atom is -0.493 e. The van der Waals surface area contributed by atoms with Gasteiger partial charge in [-0.2, -0.15) is 5.10 Å². The summed E-state index contributed by atoms with van der Waals surface area (Å²) in [4.78, 5) is 37.5. The van der Waals surface area contributed by atoms with E-state index < -0.39 is 10.8 Å². The van der Waals surface area contributed by atoms with Gasteiger partial charge in [-0.1, -0.05) is 0 Å². The number of anilines is 1. The van der Waals surface area contributed by atoms with Crippen molar-refractivity contribution in [3.05, 3.63) is 57.6 Å². The maximum atomic E-state index is 12.6. The zero-order chi connectivity index (χ0) is 26.9. The summed E-state index contributed by atoms with van der Waals surface area (Å²) in [5.41, 5.74) is 3.18. The SMILES string of the molecule is CCNc1ccc(C(=O)NN=Cc2ccc(OCC(=O)N3CC(C)OC(C)C3)c(OC)c2)cc1[N+](=O)[O-]. The Morgan fingerprint density at radius 1 is 1.19 bits per heavy atom. The average Bonchev–Trinajstić information content (AvgIpc) is 2.87. The highest BCUT2D eigenvalue weighted by atomic mass is 16.6. The van der Waals surface area contributed by atoms with Gasteiger partial charge in [0.15, 0.2) is 18.1 Å². The summed E-state index contributed by atoms with van der Waals surface area (Å²) in [6.07, 6.45) is 1.33. The highest BCUT2D eigenvalue weighted by Crippen LogP contribution is 2.28. The van der Waals surface area contributed by atoms with E-state index in [2.05, 4.69) is 15.8 Å². The largest absolute Gasteiger partial charge is 0.493 e. The van der Waals surface area contributed by atoms with Gasteiger partial charge in [0.1, 0.15) is 5.69 Å². The first-order valence-corrected chi connectivity index (χ1v) is 11.8. The number of hydrazone groups is 1. The third-order valence-corrected chi connectivity index (χ3v) is 5.51. The van der Waals surface area contributed by atoms with Crippen molar-refractivity contribution in [2.45, 2.75) is 33.0 Å². The van der Waals surface area contributed by atoms with Crippen LogP contribution in [0.25, 0.3) is 0 Å². The summed E-state index contributed by atoms with van der Waals surface area (Å²) in [6.45, 7) is 7.05. The molecule has 0 radical (unpaired) electrons. The van der Waals surface area contributed by atoms with Crippen LogP contribution in [0.1, 0.15) is 36.7 Å². The monoisotopic (exact) mass is 513 g/mol. The molecule has 2 N–H and O–H groups in total. The molecule has 1 aliphatic rings. The fraction of sp³-hybridized carbons (Fsp3) is 0.400. The van der Waals surface area contributed by atoms with Crippen molar-refractivity contribution in [2.24, 2.45) is 5.10 Å². The number of nitro groups is 1. The summed E-state index contributed by atoms with van der Waals surface area (Å²) in [5, 5.41) is 18.1. The first kappa shape index (κ1) is 27.4. The standard InChI is InChI=1S/C25H31N5O7/c1-5-26-20-8-7-19(11-21(20)30(33)34)25(32)28-27-12-18-6-9-22(23(10-18)35-4)36-15-24(31)29-13-16(2)37-17(3)14-29/h6-12,16-17,26H,5,13-15H2,1-4H3,(H,28,32). The van der Waals surface area contributed by atoms with Gasteiger partial charge in [0, 0.05) is 31.3 Å². The van der Waals surface area contributed by atoms with Crippen molar-refractivity contribution in [3.8, 4) is 11.5 Å². The predicted octanol–water partition coefficient (Wildman–Crippen LogP) is 2.81. The van der Waals surface area contributed by atoms with Gasteiger partial charge in [-0.25, -0.2) is 5.43 Å². The Morgan fingerprint density at radius 2 is 1.92 bits per heavy atom. The van der Waals surface area contributed by atoms with Crippen molar-refractivity contribution in [1.29, 1.82) is 0 Å². The molecule has 2 unspecified atom stereocenters. The zero-order valence-corrected chi connectivity index (χ0v) is 21.2. The number of nitrogens with one attached hydrogen (secondary N) is 2. The molecule has 0 spiro atoms. The van der Waals surface area contributed by atoms with Crippen LogP contribution in [0, 0.1) is 10.1 Å². The second kappa shape index (κ2) is 12.7. The number of hydrogen-bond acceptors (Lipinski definition) is 9. The molecule has 2 atom stereocenters. The predicted molar refractivity (Wildman–Crippen MR) is 137 cm³/mol. The molecule has 12 nitrogen and oxygen atoms in total. The van der Waals surface area contributed by atoms with Crippen LogP contribution in [-0.4, -0.2) is 73.4 Å². The van der Waals surface area contributed by atoms with Gasteiger partial charge < -0.3 is 24.4 Å². The molecule has 1 saturated heterocycles. The van der Waals surface area contributed by atoms with E-state index in [9.17, 15) is 19.7 Å². The molecule has 2 amide bonds. The topological polar surface area (TPSA) is 145 Å². The summed E-state index contributed by atoms with van der Waals surface area (Å²) in [5.74, 6) is 0.0386. The molecule has 0 aliphatic carbocycles. The first-order chi connectivity index (χ1) is 17.7. The molecule has 0 bridgehead atoms. The van der Waals surface area contributed by atoms with Crippen molar-refractivity contribution < 1.29 is 28.7 Å². The number of morpholine rings is 1. The fourth-order valence-electron chi connectivity index (χ4n) is 3.89. The van der Waals surface area contributed by atoms with E-state index >= 15 is 0 Å². The summed E-state index contributed by atoms with van der Waals surface area (Å²) in [7, 11) is 1.47. The van der Waals surface area contributed by atoms with Gasteiger partial charge in [0.25, 0.3) is 17.5 Å². The lowest BCUT2D eigenvalue weighted by Gasteiger charge is -2.35. The van der Waals surface area contributed by atoms with Gasteiger partial charge in [0.2, 0.25) is 0 Å². The van der Waals surface area contributed by atoms with E-state index in [1.165, 1.54) is 31.5 Å². The van der Waals surface area contributed by atoms with Crippen molar-refractivity contribution in [2.75, 3.05) is 38.7 Å². The second-order valence-electron chi connectivity index (χ2n) is 8.47. The number of hydrogen-bond donors (Lipinski definition) is 2. The molecule has 198 valence electrons. The fourth-order valence-corrected chi connectivity index (χ4v) is 3.89. The lowest BCUT2D eigenvalue weighted by Crippen LogP contribution is -2.49. The highest BCUT2D eigenvalue weighted by Gasteiger charge is 2.26. The van der Waals surface area contributed by atoms with Crippen LogP contribution >= 0.6 is 0 Å². The van der Waals surface area contributed by atoms with E-state index in [4.69, 9.17) is 14.2 Å². The minimum absolute atomic E-state index is 0.0335. The molecule has 37 heavy (non-hydrogen) atoms. The van der Waals surface area contributed by atoms with E-state index in [1.54, 1.807) is 23.1 Å². The maximum Gasteiger partial charge on any atom is 0.293 e. The Kier molecular flexibility index (Phi) is 9.39. The van der Waals surface area contributed by atoms with E-state index in [-0.39, 0.29) is 36.0 Å². The Morgan fingerprint density at radius 3 is 2.57 bits per heavy atom. The molecule has 2 aromatic rings. The van der Waals surface area contributed by atoms with Gasteiger partial charge in [-0.15, -0.1) is 0 Å². The number of nitrogens with zero attached hydrogens (tertiary/aromatic N) is 3. The van der Waals surface area contributed by atoms with Crippen LogP contribution in [0.2, 0.25) is 0 Å². The number of ether oxygens (including phenoxy) is 3.